The Morgan fingerprint density at radius 3 is 2.46 bits per heavy atom. The van der Waals surface area contributed by atoms with Gasteiger partial charge in [-0.15, -0.1) is 0 Å². The van der Waals surface area contributed by atoms with Crippen LogP contribution in [0.1, 0.15) is 124 Å². The van der Waals surface area contributed by atoms with E-state index in [-0.39, 0.29) is 60.6 Å². The molecule has 65 heavy (non-hydrogen) atoms. The van der Waals surface area contributed by atoms with Gasteiger partial charge in [-0.25, -0.2) is 0 Å². The number of nitrogens with zero attached hydrogens (tertiary/aromatic N) is 5. The van der Waals surface area contributed by atoms with Crippen molar-refractivity contribution in [1.82, 2.24) is 41.1 Å². The molecule has 7 unspecified atom stereocenters. The molecular formula is C50H68N10O5. The number of rotatable bonds is 6. The molecule has 15 heteroatoms. The van der Waals surface area contributed by atoms with Crippen LogP contribution in [-0.2, 0) is 20.9 Å². The Bertz CT molecular complexity index is 2180. The van der Waals surface area contributed by atoms with Crippen molar-refractivity contribution in [3.05, 3.63) is 71.3 Å². The molecule has 9 aliphatic rings. The number of amides is 4. The van der Waals surface area contributed by atoms with Gasteiger partial charge in [0, 0.05) is 61.6 Å². The number of allylic oxidation sites excluding steroid dienone is 1. The van der Waals surface area contributed by atoms with Crippen molar-refractivity contribution in [1.29, 1.82) is 0 Å². The van der Waals surface area contributed by atoms with E-state index in [2.05, 4.69) is 89.9 Å². The lowest BCUT2D eigenvalue weighted by Gasteiger charge is -2.47. The average molecular weight is 889 g/mol. The van der Waals surface area contributed by atoms with E-state index in [1.165, 1.54) is 50.5 Å². The molecule has 4 amide bonds. The summed E-state index contributed by atoms with van der Waals surface area (Å²) in [6.45, 7) is 7.78. The molecule has 8 aliphatic heterocycles. The summed E-state index contributed by atoms with van der Waals surface area (Å²) >= 11 is 0. The van der Waals surface area contributed by atoms with Crippen LogP contribution in [-0.4, -0.2) is 130 Å². The van der Waals surface area contributed by atoms with Gasteiger partial charge in [0.05, 0.1) is 30.4 Å². The van der Waals surface area contributed by atoms with E-state index in [0.717, 1.165) is 68.8 Å². The van der Waals surface area contributed by atoms with Crippen LogP contribution in [0.3, 0.4) is 0 Å². The zero-order chi connectivity index (χ0) is 44.5. The first-order chi connectivity index (χ1) is 31.5. The van der Waals surface area contributed by atoms with Crippen LogP contribution in [0, 0.1) is 11.3 Å². The van der Waals surface area contributed by atoms with Gasteiger partial charge in [0.1, 0.15) is 12.3 Å². The van der Waals surface area contributed by atoms with Crippen molar-refractivity contribution in [2.24, 2.45) is 11.3 Å². The van der Waals surface area contributed by atoms with Gasteiger partial charge in [0.2, 0.25) is 17.7 Å². The highest BCUT2D eigenvalue weighted by atomic mass is 16.3. The minimum atomic E-state index is -0.803. The monoisotopic (exact) mass is 889 g/mol. The Labute approximate surface area is 383 Å². The SMILES string of the molecule is C[C@@]1(O)CC/C=C\CN2C(=O)C3CNC(Nc4ccc(C5CCN(C6CCC7(CCN(c8ccc9c(c8)C(=O)N(C8CCC(=O)NC8=O)C9)CC7)C6)CC5)cc4)NC3N2C2CCCC1N2. The largest absolute Gasteiger partial charge is 0.389 e. The zero-order valence-electron chi connectivity index (χ0n) is 38.0. The lowest BCUT2D eigenvalue weighted by atomic mass is 9.76. The van der Waals surface area contributed by atoms with Gasteiger partial charge in [-0.2, -0.15) is 5.01 Å². The molecule has 7 fully saturated rings. The number of imide groups is 1. The fraction of sp³-hybridized carbons (Fsp3) is 0.640. The van der Waals surface area contributed by atoms with Crippen molar-refractivity contribution in [2.75, 3.05) is 49.5 Å². The number of aliphatic hydroxyl groups is 1. The summed E-state index contributed by atoms with van der Waals surface area (Å²) in [7, 11) is 0. The Morgan fingerprint density at radius 1 is 0.846 bits per heavy atom. The molecule has 348 valence electrons. The lowest BCUT2D eigenvalue weighted by molar-refractivity contribution is -0.146. The molecule has 2 bridgehead atoms. The second kappa shape index (κ2) is 17.4. The Morgan fingerprint density at radius 2 is 1.66 bits per heavy atom. The predicted octanol–water partition coefficient (Wildman–Crippen LogP) is 3.93. The van der Waals surface area contributed by atoms with E-state index < -0.39 is 11.6 Å². The molecule has 8 heterocycles. The third kappa shape index (κ3) is 8.28. The van der Waals surface area contributed by atoms with Gasteiger partial charge in [-0.05, 0) is 150 Å². The highest BCUT2D eigenvalue weighted by Crippen LogP contribution is 2.49. The number of fused-ring (bicyclic) bond motifs is 7. The lowest BCUT2D eigenvalue weighted by Crippen LogP contribution is -2.69. The molecule has 6 saturated heterocycles. The van der Waals surface area contributed by atoms with E-state index in [9.17, 15) is 24.3 Å². The van der Waals surface area contributed by atoms with E-state index in [4.69, 9.17) is 0 Å². The third-order valence-electron chi connectivity index (χ3n) is 17.2. The van der Waals surface area contributed by atoms with Crippen molar-refractivity contribution in [3.8, 4) is 0 Å². The fourth-order valence-corrected chi connectivity index (χ4v) is 13.3. The minimum Gasteiger partial charge on any atom is -0.389 e. The first-order valence-corrected chi connectivity index (χ1v) is 24.9. The quantitative estimate of drug-likeness (QED) is 0.183. The van der Waals surface area contributed by atoms with Crippen molar-refractivity contribution in [3.63, 3.8) is 0 Å². The van der Waals surface area contributed by atoms with Crippen LogP contribution in [0.2, 0.25) is 0 Å². The molecule has 15 nitrogen and oxygen atoms in total. The summed E-state index contributed by atoms with van der Waals surface area (Å²) in [6, 6.07) is 15.3. The molecule has 0 radical (unpaired) electrons. The normalized spacial score (nSPS) is 35.1. The van der Waals surface area contributed by atoms with Gasteiger partial charge in [-0.3, -0.25) is 45.5 Å². The second-order valence-corrected chi connectivity index (χ2v) is 21.1. The number of piperidine rings is 4. The summed E-state index contributed by atoms with van der Waals surface area (Å²) < 4.78 is 0. The molecule has 2 aromatic carbocycles. The van der Waals surface area contributed by atoms with Gasteiger partial charge in [-0.1, -0.05) is 30.4 Å². The molecule has 0 aromatic heterocycles. The standard InChI is InChI=1S/C50H68N10O5/c1-49(65)19-3-2-4-23-59-47(64)39-30-51-48(55-44(39)60(59)42-7-5-6-41(49)53-42)52-35-11-8-32(9-12-35)33-17-24-56(25-18-33)37-16-20-50(29-37)21-26-57(27-22-50)36-13-10-34-31-58(46(63)38(34)28-36)40-14-15-43(61)54-45(40)62/h2,4,8-13,28,33,37,39-42,44,48,51-53,55,65H,3,5-7,14-27,29-31H2,1H3,(H,54,61,62)/b4-2-/t37?,39?,40?,41?,42?,44?,48?,49-/m1/s1. The number of benzene rings is 2. The molecule has 1 saturated carbocycles. The maximum Gasteiger partial charge on any atom is 0.255 e. The molecule has 1 aliphatic carbocycles. The topological polar surface area (TPSA) is 165 Å². The molecule has 2 aromatic rings. The highest BCUT2D eigenvalue weighted by molar-refractivity contribution is 6.05. The van der Waals surface area contributed by atoms with E-state index in [0.29, 0.717) is 55.4 Å². The predicted molar refractivity (Wildman–Crippen MR) is 247 cm³/mol. The highest BCUT2D eigenvalue weighted by Gasteiger charge is 2.53. The fourth-order valence-electron chi connectivity index (χ4n) is 13.3. The van der Waals surface area contributed by atoms with Crippen LogP contribution in [0.4, 0.5) is 11.4 Å². The molecule has 11 rings (SSSR count). The third-order valence-corrected chi connectivity index (χ3v) is 17.2. The summed E-state index contributed by atoms with van der Waals surface area (Å²) in [5.41, 5.74) is 4.79. The van der Waals surface area contributed by atoms with Crippen LogP contribution in [0.25, 0.3) is 0 Å². The maximum absolute atomic E-state index is 13.8. The molecule has 6 N–H and O–H groups in total. The van der Waals surface area contributed by atoms with Crippen LogP contribution in [0.15, 0.2) is 54.6 Å². The second-order valence-electron chi connectivity index (χ2n) is 21.1. The van der Waals surface area contributed by atoms with Gasteiger partial charge >= 0.3 is 0 Å². The van der Waals surface area contributed by atoms with E-state index in [1.54, 1.807) is 4.90 Å². The Hall–Kier alpha value is -4.38. The first-order valence-electron chi connectivity index (χ1n) is 24.9. The van der Waals surface area contributed by atoms with Crippen LogP contribution < -0.4 is 31.5 Å². The van der Waals surface area contributed by atoms with Crippen LogP contribution >= 0.6 is 0 Å². The van der Waals surface area contributed by atoms with Crippen molar-refractivity contribution in [2.45, 2.75) is 152 Å². The number of likely N-dealkylation sites (tertiary alicyclic amines) is 1. The summed E-state index contributed by atoms with van der Waals surface area (Å²) in [5, 5.41) is 32.7. The Kier molecular flexibility index (Phi) is 11.5. The number of hydrogen-bond donors (Lipinski definition) is 6. The van der Waals surface area contributed by atoms with Crippen molar-refractivity contribution < 1.29 is 24.3 Å². The zero-order valence-corrected chi connectivity index (χ0v) is 38.0. The Balaban J connectivity index is 0.653. The van der Waals surface area contributed by atoms with Crippen molar-refractivity contribution >= 4 is 35.0 Å². The molecule has 8 atom stereocenters. The average Bonchev–Trinajstić information content (AvgIpc) is 3.96. The van der Waals surface area contributed by atoms with E-state index >= 15 is 0 Å². The first kappa shape index (κ1) is 43.2. The number of anilines is 2. The summed E-state index contributed by atoms with van der Waals surface area (Å²) in [4.78, 5) is 58.4. The number of hydrogen-bond acceptors (Lipinski definition) is 12. The smallest absolute Gasteiger partial charge is 0.255 e. The number of hydrazine groups is 1. The minimum absolute atomic E-state index is 0.0144. The number of carbonyl (C=O) groups excluding carboxylic acids is 4. The van der Waals surface area contributed by atoms with Crippen LogP contribution in [0.5, 0.6) is 0 Å². The summed E-state index contributed by atoms with van der Waals surface area (Å²) in [6.07, 6.45) is 17.4. The van der Waals surface area contributed by atoms with Gasteiger partial charge in [0.15, 0.2) is 0 Å². The molecule has 1 spiro atoms. The summed E-state index contributed by atoms with van der Waals surface area (Å²) in [5.74, 6) is -0.225. The number of nitrogens with one attached hydrogen (secondary N) is 5. The van der Waals surface area contributed by atoms with Gasteiger partial charge in [0.25, 0.3) is 5.91 Å². The van der Waals surface area contributed by atoms with E-state index in [1.807, 2.05) is 18.0 Å². The number of carbonyl (C=O) groups is 4. The molecular weight excluding hydrogens is 821 g/mol. The maximum atomic E-state index is 13.8. The van der Waals surface area contributed by atoms with Gasteiger partial charge < -0.3 is 25.1 Å².